The lowest BCUT2D eigenvalue weighted by Gasteiger charge is -2.27. The number of hydrogen-bond acceptors (Lipinski definition) is 5. The predicted octanol–water partition coefficient (Wildman–Crippen LogP) is 0.941. The van der Waals surface area contributed by atoms with Crippen molar-refractivity contribution in [2.75, 3.05) is 39.7 Å². The van der Waals surface area contributed by atoms with Crippen LogP contribution in [-0.2, 0) is 19.5 Å². The van der Waals surface area contributed by atoms with Crippen LogP contribution >= 0.6 is 0 Å². The Morgan fingerprint density at radius 1 is 1.20 bits per heavy atom. The fraction of sp³-hybridized carbons (Fsp3) is 0.538. The van der Waals surface area contributed by atoms with E-state index in [1.165, 1.54) is 23.5 Å². The quantitative estimate of drug-likeness (QED) is 0.723. The van der Waals surface area contributed by atoms with Crippen molar-refractivity contribution in [2.24, 2.45) is 0 Å². The van der Waals surface area contributed by atoms with E-state index in [0.717, 1.165) is 0 Å². The number of ether oxygens (including phenoxy) is 2. The van der Waals surface area contributed by atoms with Crippen LogP contribution in [0.25, 0.3) is 0 Å². The highest BCUT2D eigenvalue weighted by atomic mass is 32.2. The predicted molar refractivity (Wildman–Crippen MR) is 78.0 cm³/mol. The van der Waals surface area contributed by atoms with Crippen LogP contribution < -0.4 is 5.73 Å². The molecule has 6 nitrogen and oxygen atoms in total. The number of methoxy groups -OCH3 is 2. The molecule has 2 N–H and O–H groups in total. The van der Waals surface area contributed by atoms with Gasteiger partial charge in [-0.3, -0.25) is 0 Å². The molecular weight excluding hydrogens is 280 g/mol. The molecule has 1 rings (SSSR count). The Bertz CT molecular complexity index is 502. The van der Waals surface area contributed by atoms with Gasteiger partial charge in [-0.2, -0.15) is 4.31 Å². The zero-order chi connectivity index (χ0) is 15.2. The molecule has 0 aliphatic heterocycles. The van der Waals surface area contributed by atoms with E-state index in [2.05, 4.69) is 0 Å². The summed E-state index contributed by atoms with van der Waals surface area (Å²) in [4.78, 5) is 0.214. The van der Waals surface area contributed by atoms with Crippen LogP contribution in [0.5, 0.6) is 0 Å². The van der Waals surface area contributed by atoms with Crippen molar-refractivity contribution in [2.45, 2.75) is 17.9 Å². The molecule has 20 heavy (non-hydrogen) atoms. The second kappa shape index (κ2) is 7.58. The van der Waals surface area contributed by atoms with E-state index in [0.29, 0.717) is 18.9 Å². The zero-order valence-electron chi connectivity index (χ0n) is 12.1. The second-order valence-corrected chi connectivity index (χ2v) is 6.37. The normalized spacial score (nSPS) is 13.6. The van der Waals surface area contributed by atoms with Crippen molar-refractivity contribution >= 4 is 15.7 Å². The minimum Gasteiger partial charge on any atom is -0.399 e. The van der Waals surface area contributed by atoms with Crippen LogP contribution in [0.2, 0.25) is 0 Å². The molecule has 0 heterocycles. The maximum atomic E-state index is 12.6. The Kier molecular flexibility index (Phi) is 6.41. The Labute approximate surface area is 120 Å². The smallest absolute Gasteiger partial charge is 0.243 e. The molecule has 0 radical (unpaired) electrons. The van der Waals surface area contributed by atoms with Gasteiger partial charge in [0.15, 0.2) is 0 Å². The van der Waals surface area contributed by atoms with Gasteiger partial charge in [0.25, 0.3) is 0 Å². The first-order valence-electron chi connectivity index (χ1n) is 6.28. The summed E-state index contributed by atoms with van der Waals surface area (Å²) in [6.45, 7) is 2.71. The molecule has 0 amide bonds. The van der Waals surface area contributed by atoms with Crippen molar-refractivity contribution in [3.8, 4) is 0 Å². The first kappa shape index (κ1) is 16.9. The molecule has 0 bridgehead atoms. The number of anilines is 1. The van der Waals surface area contributed by atoms with Crippen LogP contribution in [-0.4, -0.2) is 52.7 Å². The van der Waals surface area contributed by atoms with E-state index in [1.807, 2.05) is 0 Å². The number of nitrogens with zero attached hydrogens (tertiary/aromatic N) is 1. The Hall–Kier alpha value is -1.15. The summed E-state index contributed by atoms with van der Waals surface area (Å²) in [5.41, 5.74) is 6.11. The number of hydrogen-bond donors (Lipinski definition) is 1. The summed E-state index contributed by atoms with van der Waals surface area (Å²) in [7, 11) is -0.515. The average molecular weight is 302 g/mol. The first-order chi connectivity index (χ1) is 9.43. The fourth-order valence-corrected chi connectivity index (χ4v) is 3.46. The molecular formula is C13H22N2O4S. The van der Waals surface area contributed by atoms with Crippen molar-refractivity contribution in [3.63, 3.8) is 0 Å². The summed E-state index contributed by atoms with van der Waals surface area (Å²) in [6.07, 6.45) is 0. The second-order valence-electron chi connectivity index (χ2n) is 4.48. The molecule has 1 atom stereocenters. The van der Waals surface area contributed by atoms with E-state index in [-0.39, 0.29) is 17.5 Å². The van der Waals surface area contributed by atoms with Gasteiger partial charge in [0.2, 0.25) is 10.0 Å². The summed E-state index contributed by atoms with van der Waals surface area (Å²) in [6, 6.07) is 5.87. The lowest BCUT2D eigenvalue weighted by atomic mass is 10.3. The van der Waals surface area contributed by atoms with Gasteiger partial charge in [-0.15, -0.1) is 0 Å². The van der Waals surface area contributed by atoms with E-state index in [4.69, 9.17) is 15.2 Å². The zero-order valence-corrected chi connectivity index (χ0v) is 12.9. The molecule has 1 aromatic carbocycles. The monoisotopic (exact) mass is 302 g/mol. The lowest BCUT2D eigenvalue weighted by molar-refractivity contribution is 0.119. The topological polar surface area (TPSA) is 81.9 Å². The van der Waals surface area contributed by atoms with Gasteiger partial charge in [0, 0.05) is 32.5 Å². The average Bonchev–Trinajstić information content (AvgIpc) is 2.39. The van der Waals surface area contributed by atoms with Crippen LogP contribution in [0.4, 0.5) is 5.69 Å². The SMILES string of the molecule is COCCN(C(C)COC)S(=O)(=O)c1ccc(N)cc1. The highest BCUT2D eigenvalue weighted by Crippen LogP contribution is 2.19. The van der Waals surface area contributed by atoms with Crippen LogP contribution in [0, 0.1) is 0 Å². The van der Waals surface area contributed by atoms with E-state index >= 15 is 0 Å². The standard InChI is InChI=1S/C13H22N2O4S/c1-11(10-19-3)15(8-9-18-2)20(16,17)13-6-4-12(14)5-7-13/h4-7,11H,8-10,14H2,1-3H3. The molecule has 0 fully saturated rings. The molecule has 7 heteroatoms. The maximum absolute atomic E-state index is 12.6. The largest absolute Gasteiger partial charge is 0.399 e. The van der Waals surface area contributed by atoms with Crippen molar-refractivity contribution < 1.29 is 17.9 Å². The van der Waals surface area contributed by atoms with E-state index < -0.39 is 10.0 Å². The molecule has 114 valence electrons. The molecule has 0 aliphatic carbocycles. The Morgan fingerprint density at radius 3 is 2.30 bits per heavy atom. The molecule has 0 saturated heterocycles. The third-order valence-corrected chi connectivity index (χ3v) is 4.93. The van der Waals surface area contributed by atoms with Gasteiger partial charge in [-0.1, -0.05) is 0 Å². The summed E-state index contributed by atoms with van der Waals surface area (Å²) >= 11 is 0. The number of rotatable bonds is 8. The van der Waals surface area contributed by atoms with Gasteiger partial charge in [-0.05, 0) is 31.2 Å². The van der Waals surface area contributed by atoms with Gasteiger partial charge in [0.1, 0.15) is 0 Å². The molecule has 0 spiro atoms. The Balaban J connectivity index is 3.06. The molecule has 1 aromatic rings. The number of sulfonamides is 1. The Morgan fingerprint density at radius 2 is 1.80 bits per heavy atom. The summed E-state index contributed by atoms with van der Waals surface area (Å²) in [5.74, 6) is 0. The van der Waals surface area contributed by atoms with Gasteiger partial charge < -0.3 is 15.2 Å². The summed E-state index contributed by atoms with van der Waals surface area (Å²) in [5, 5.41) is 0. The minimum atomic E-state index is -3.59. The maximum Gasteiger partial charge on any atom is 0.243 e. The third-order valence-electron chi connectivity index (χ3n) is 2.90. The van der Waals surface area contributed by atoms with E-state index in [9.17, 15) is 8.42 Å². The van der Waals surface area contributed by atoms with Crippen molar-refractivity contribution in [3.05, 3.63) is 24.3 Å². The number of benzene rings is 1. The van der Waals surface area contributed by atoms with Crippen molar-refractivity contribution in [1.29, 1.82) is 0 Å². The minimum absolute atomic E-state index is 0.214. The van der Waals surface area contributed by atoms with Gasteiger partial charge in [-0.25, -0.2) is 8.42 Å². The fourth-order valence-electron chi connectivity index (χ4n) is 1.86. The third kappa shape index (κ3) is 4.17. The molecule has 0 saturated carbocycles. The van der Waals surface area contributed by atoms with Crippen LogP contribution in [0.1, 0.15) is 6.92 Å². The van der Waals surface area contributed by atoms with Gasteiger partial charge >= 0.3 is 0 Å². The summed E-state index contributed by atoms with van der Waals surface area (Å²) < 4.78 is 36.7. The highest BCUT2D eigenvalue weighted by Gasteiger charge is 2.28. The van der Waals surface area contributed by atoms with Crippen LogP contribution in [0.15, 0.2) is 29.2 Å². The number of nitrogens with two attached hydrogens (primary N) is 1. The van der Waals surface area contributed by atoms with E-state index in [1.54, 1.807) is 26.2 Å². The van der Waals surface area contributed by atoms with Gasteiger partial charge in [0.05, 0.1) is 18.1 Å². The van der Waals surface area contributed by atoms with Crippen LogP contribution in [0.3, 0.4) is 0 Å². The lowest BCUT2D eigenvalue weighted by Crippen LogP contribution is -2.42. The molecule has 1 unspecified atom stereocenters. The molecule has 0 aliphatic rings. The highest BCUT2D eigenvalue weighted by molar-refractivity contribution is 7.89. The number of nitrogen functional groups attached to an aromatic ring is 1. The molecule has 0 aromatic heterocycles. The first-order valence-corrected chi connectivity index (χ1v) is 7.72. The van der Waals surface area contributed by atoms with Crippen molar-refractivity contribution in [1.82, 2.24) is 4.31 Å².